The second kappa shape index (κ2) is 7.79. The summed E-state index contributed by atoms with van der Waals surface area (Å²) in [5.74, 6) is -0.107. The van der Waals surface area contributed by atoms with Gasteiger partial charge in [0.2, 0.25) is 11.7 Å². The molecule has 0 unspecified atom stereocenters. The van der Waals surface area contributed by atoms with Crippen LogP contribution >= 0.6 is 22.9 Å². The van der Waals surface area contributed by atoms with E-state index in [0.717, 1.165) is 16.3 Å². The Labute approximate surface area is 168 Å². The van der Waals surface area contributed by atoms with Crippen LogP contribution in [0.5, 0.6) is 6.08 Å². The van der Waals surface area contributed by atoms with E-state index < -0.39 is 5.91 Å². The van der Waals surface area contributed by atoms with E-state index in [1.165, 1.54) is 11.3 Å². The van der Waals surface area contributed by atoms with E-state index in [-0.39, 0.29) is 12.7 Å². The minimum absolute atomic E-state index is 0.0373. The van der Waals surface area contributed by atoms with Crippen molar-refractivity contribution >= 4 is 28.8 Å². The third-order valence-electron chi connectivity index (χ3n) is 3.83. The van der Waals surface area contributed by atoms with Gasteiger partial charge in [-0.3, -0.25) is 9.32 Å². The van der Waals surface area contributed by atoms with Crippen LogP contribution in [0.15, 0.2) is 58.4 Å². The number of halogens is 1. The largest absolute Gasteiger partial charge is 0.442 e. The first-order chi connectivity index (χ1) is 13.6. The van der Waals surface area contributed by atoms with E-state index in [4.69, 9.17) is 26.6 Å². The lowest BCUT2D eigenvalue weighted by atomic mass is 10.1. The molecule has 0 radical (unpaired) electrons. The van der Waals surface area contributed by atoms with Gasteiger partial charge in [-0.25, -0.2) is 4.98 Å². The van der Waals surface area contributed by atoms with Crippen molar-refractivity contribution in [2.75, 3.05) is 0 Å². The van der Waals surface area contributed by atoms with Gasteiger partial charge in [0.15, 0.2) is 0 Å². The van der Waals surface area contributed by atoms with Crippen molar-refractivity contribution in [1.82, 2.24) is 15.1 Å². The Hall–Kier alpha value is -3.23. The number of primary amides is 1. The van der Waals surface area contributed by atoms with Crippen molar-refractivity contribution in [3.05, 3.63) is 70.2 Å². The van der Waals surface area contributed by atoms with E-state index >= 15 is 0 Å². The predicted octanol–water partition coefficient (Wildman–Crippen LogP) is 4.19. The van der Waals surface area contributed by atoms with Crippen LogP contribution in [0.4, 0.5) is 0 Å². The number of aromatic nitrogens is 3. The van der Waals surface area contributed by atoms with Gasteiger partial charge < -0.3 is 10.5 Å². The molecule has 1 amide bonds. The summed E-state index contributed by atoms with van der Waals surface area (Å²) < 4.78 is 10.6. The minimum atomic E-state index is -0.463. The molecule has 4 aromatic rings. The van der Waals surface area contributed by atoms with Crippen LogP contribution in [-0.2, 0) is 6.61 Å². The number of nitrogens with two attached hydrogens (primary N) is 1. The summed E-state index contributed by atoms with van der Waals surface area (Å²) in [7, 11) is 0. The van der Waals surface area contributed by atoms with Crippen molar-refractivity contribution in [2.24, 2.45) is 5.73 Å². The van der Waals surface area contributed by atoms with Gasteiger partial charge in [-0.2, -0.15) is 4.98 Å². The van der Waals surface area contributed by atoms with Crippen LogP contribution in [0.1, 0.15) is 16.1 Å². The molecule has 0 saturated heterocycles. The summed E-state index contributed by atoms with van der Waals surface area (Å²) in [6, 6.07) is 14.2. The van der Waals surface area contributed by atoms with Crippen LogP contribution in [0, 0.1) is 0 Å². The minimum Gasteiger partial charge on any atom is -0.442 e. The zero-order chi connectivity index (χ0) is 19.5. The van der Waals surface area contributed by atoms with Gasteiger partial charge in [-0.15, -0.1) is 11.3 Å². The Morgan fingerprint density at radius 2 is 1.93 bits per heavy atom. The third kappa shape index (κ3) is 3.88. The SMILES string of the molecule is NC(=O)c1ccc(-c2nc(COc3nc(-c4ccccc4Cl)no3)cs2)cc1. The van der Waals surface area contributed by atoms with Crippen molar-refractivity contribution in [1.29, 1.82) is 0 Å². The number of carbonyl (C=O) groups excluding carboxylic acids is 1. The second-order valence-corrected chi connectivity index (χ2v) is 7.00. The Morgan fingerprint density at radius 1 is 1.14 bits per heavy atom. The molecule has 0 saturated carbocycles. The second-order valence-electron chi connectivity index (χ2n) is 5.74. The molecule has 4 rings (SSSR count). The van der Waals surface area contributed by atoms with Crippen molar-refractivity contribution < 1.29 is 14.1 Å². The lowest BCUT2D eigenvalue weighted by Gasteiger charge is -1.99. The maximum absolute atomic E-state index is 11.1. The molecule has 7 nitrogen and oxygen atoms in total. The van der Waals surface area contributed by atoms with E-state index in [0.29, 0.717) is 22.0 Å². The van der Waals surface area contributed by atoms with Gasteiger partial charge in [-0.05, 0) is 24.3 Å². The number of thiazole rings is 1. The number of hydrogen-bond acceptors (Lipinski definition) is 7. The molecule has 0 aliphatic rings. The van der Waals surface area contributed by atoms with Crippen molar-refractivity contribution in [3.8, 4) is 28.0 Å². The molecule has 0 bridgehead atoms. The highest BCUT2D eigenvalue weighted by atomic mass is 35.5. The molecule has 2 N–H and O–H groups in total. The summed E-state index contributed by atoms with van der Waals surface area (Å²) in [5, 5.41) is 7.09. The molecule has 28 heavy (non-hydrogen) atoms. The summed E-state index contributed by atoms with van der Waals surface area (Å²) in [6.07, 6.45) is 0.0373. The number of carbonyl (C=O) groups is 1. The molecule has 0 atom stereocenters. The average Bonchev–Trinajstić information content (AvgIpc) is 3.36. The summed E-state index contributed by atoms with van der Waals surface area (Å²) in [4.78, 5) is 19.9. The highest BCUT2D eigenvalue weighted by molar-refractivity contribution is 7.13. The standard InChI is InChI=1S/C19H13ClN4O3S/c20-15-4-2-1-3-14(15)17-23-19(27-24-17)26-9-13-10-28-18(22-13)12-7-5-11(6-8-12)16(21)25/h1-8,10H,9H2,(H2,21,25). The lowest BCUT2D eigenvalue weighted by molar-refractivity contribution is 0.100. The Balaban J connectivity index is 1.42. The molecule has 0 aliphatic carbocycles. The van der Waals surface area contributed by atoms with E-state index in [1.807, 2.05) is 17.5 Å². The van der Waals surface area contributed by atoms with Crippen LogP contribution in [0.3, 0.4) is 0 Å². The first-order valence-electron chi connectivity index (χ1n) is 8.16. The van der Waals surface area contributed by atoms with Gasteiger partial charge in [-0.1, -0.05) is 41.0 Å². The van der Waals surface area contributed by atoms with E-state index in [9.17, 15) is 4.79 Å². The monoisotopic (exact) mass is 412 g/mol. The highest BCUT2D eigenvalue weighted by Gasteiger charge is 2.13. The van der Waals surface area contributed by atoms with Gasteiger partial charge in [0.05, 0.1) is 10.7 Å². The molecule has 0 spiro atoms. The number of hydrogen-bond donors (Lipinski definition) is 1. The molecule has 0 fully saturated rings. The summed E-state index contributed by atoms with van der Waals surface area (Å²) in [6.45, 7) is 0.181. The first kappa shape index (κ1) is 18.1. The summed E-state index contributed by atoms with van der Waals surface area (Å²) >= 11 is 7.60. The maximum atomic E-state index is 11.1. The fourth-order valence-electron chi connectivity index (χ4n) is 2.44. The van der Waals surface area contributed by atoms with Gasteiger partial charge in [0, 0.05) is 22.1 Å². The quantitative estimate of drug-likeness (QED) is 0.509. The molecule has 2 heterocycles. The topological polar surface area (TPSA) is 104 Å². The lowest BCUT2D eigenvalue weighted by Crippen LogP contribution is -2.10. The average molecular weight is 413 g/mol. The molecule has 2 aromatic carbocycles. The zero-order valence-electron chi connectivity index (χ0n) is 14.3. The molecular formula is C19H13ClN4O3S. The number of benzene rings is 2. The fraction of sp³-hybridized carbons (Fsp3) is 0.0526. The van der Waals surface area contributed by atoms with Crippen molar-refractivity contribution in [2.45, 2.75) is 6.61 Å². The number of amides is 1. The van der Waals surface area contributed by atoms with Crippen LogP contribution in [-0.4, -0.2) is 21.0 Å². The Bertz CT molecular complexity index is 1120. The number of ether oxygens (including phenoxy) is 1. The van der Waals surface area contributed by atoms with Crippen LogP contribution in [0.25, 0.3) is 22.0 Å². The normalized spacial score (nSPS) is 10.8. The highest BCUT2D eigenvalue weighted by Crippen LogP contribution is 2.27. The third-order valence-corrected chi connectivity index (χ3v) is 5.10. The van der Waals surface area contributed by atoms with Crippen LogP contribution in [0.2, 0.25) is 5.02 Å². The summed E-state index contributed by atoms with van der Waals surface area (Å²) in [5.41, 5.74) is 7.98. The molecule has 2 aromatic heterocycles. The van der Waals surface area contributed by atoms with E-state index in [1.54, 1.807) is 36.4 Å². The maximum Gasteiger partial charge on any atom is 0.418 e. The fourth-order valence-corrected chi connectivity index (χ4v) is 3.47. The van der Waals surface area contributed by atoms with Gasteiger partial charge in [0.1, 0.15) is 11.6 Å². The first-order valence-corrected chi connectivity index (χ1v) is 9.42. The Kier molecular flexibility index (Phi) is 5.05. The molecule has 0 aliphatic heterocycles. The van der Waals surface area contributed by atoms with Crippen molar-refractivity contribution in [3.63, 3.8) is 0 Å². The molecule has 9 heteroatoms. The van der Waals surface area contributed by atoms with Gasteiger partial charge >= 0.3 is 6.08 Å². The Morgan fingerprint density at radius 3 is 2.68 bits per heavy atom. The smallest absolute Gasteiger partial charge is 0.418 e. The van der Waals surface area contributed by atoms with Gasteiger partial charge in [0.25, 0.3) is 0 Å². The molecule has 140 valence electrons. The number of nitrogens with zero attached hydrogens (tertiary/aromatic N) is 3. The molecular weight excluding hydrogens is 400 g/mol. The predicted molar refractivity (Wildman–Crippen MR) is 105 cm³/mol. The number of rotatable bonds is 6. The zero-order valence-corrected chi connectivity index (χ0v) is 15.9. The van der Waals surface area contributed by atoms with Crippen LogP contribution < -0.4 is 10.5 Å². The van der Waals surface area contributed by atoms with E-state index in [2.05, 4.69) is 15.1 Å².